The minimum Gasteiger partial charge on any atom is -0.488 e. The summed E-state index contributed by atoms with van der Waals surface area (Å²) in [6, 6.07) is 20.3. The Labute approximate surface area is 198 Å². The third kappa shape index (κ3) is 5.03. The van der Waals surface area contributed by atoms with Crippen LogP contribution in [0.3, 0.4) is 0 Å². The minimum absolute atomic E-state index is 0.322. The molecule has 156 valence electrons. The van der Waals surface area contributed by atoms with Crippen LogP contribution in [0.15, 0.2) is 76.1 Å². The lowest BCUT2D eigenvalue weighted by Gasteiger charge is -2.13. The number of anilines is 1. The summed E-state index contributed by atoms with van der Waals surface area (Å²) in [5.74, 6) is 0.236. The number of hydrogen-bond acceptors (Lipinski definition) is 4. The van der Waals surface area contributed by atoms with Gasteiger partial charge in [-0.1, -0.05) is 63.4 Å². The van der Waals surface area contributed by atoms with Crippen molar-refractivity contribution < 1.29 is 14.3 Å². The second kappa shape index (κ2) is 9.30. The molecule has 0 N–H and O–H groups in total. The molecular weight excluding hydrogens is 498 g/mol. The minimum atomic E-state index is -0.387. The monoisotopic (exact) mass is 513 g/mol. The van der Waals surface area contributed by atoms with Crippen LogP contribution in [-0.2, 0) is 11.4 Å². The average Bonchev–Trinajstić information content (AvgIpc) is 3.01. The topological polar surface area (TPSA) is 46.6 Å². The van der Waals surface area contributed by atoms with Crippen LogP contribution in [0.4, 0.5) is 10.5 Å². The van der Waals surface area contributed by atoms with Crippen LogP contribution >= 0.6 is 39.3 Å². The predicted molar refractivity (Wildman–Crippen MR) is 130 cm³/mol. The first kappa shape index (κ1) is 21.7. The van der Waals surface area contributed by atoms with Gasteiger partial charge in [-0.05, 0) is 66.7 Å². The van der Waals surface area contributed by atoms with Crippen molar-refractivity contribution in [1.82, 2.24) is 0 Å². The molecule has 0 bridgehead atoms. The standard InChI is InChI=1S/C24H17BrClNO3S/c1-15-5-7-16(8-6-15)14-30-21-10-9-18(25)11-17(21)12-22-23(28)27(24(29)31-22)20-4-2-3-19(26)13-20/h2-13H,14H2,1H3/b22-12+. The lowest BCUT2D eigenvalue weighted by atomic mass is 10.1. The first-order valence-electron chi connectivity index (χ1n) is 9.42. The van der Waals surface area contributed by atoms with E-state index in [9.17, 15) is 9.59 Å². The summed E-state index contributed by atoms with van der Waals surface area (Å²) in [6.45, 7) is 2.43. The van der Waals surface area contributed by atoms with Gasteiger partial charge in [-0.15, -0.1) is 0 Å². The van der Waals surface area contributed by atoms with E-state index in [2.05, 4.69) is 15.9 Å². The number of aryl methyl sites for hydroxylation is 1. The van der Waals surface area contributed by atoms with Gasteiger partial charge in [0.1, 0.15) is 12.4 Å². The van der Waals surface area contributed by atoms with Crippen LogP contribution in [0.1, 0.15) is 16.7 Å². The van der Waals surface area contributed by atoms with E-state index < -0.39 is 0 Å². The Kier molecular flexibility index (Phi) is 6.51. The van der Waals surface area contributed by atoms with Gasteiger partial charge in [-0.3, -0.25) is 9.59 Å². The molecule has 4 nitrogen and oxygen atoms in total. The summed E-state index contributed by atoms with van der Waals surface area (Å²) < 4.78 is 6.86. The van der Waals surface area contributed by atoms with E-state index in [1.165, 1.54) is 5.56 Å². The van der Waals surface area contributed by atoms with Crippen molar-refractivity contribution in [2.24, 2.45) is 0 Å². The maximum Gasteiger partial charge on any atom is 0.298 e. The molecule has 4 rings (SSSR count). The van der Waals surface area contributed by atoms with Crippen molar-refractivity contribution in [1.29, 1.82) is 0 Å². The highest BCUT2D eigenvalue weighted by atomic mass is 79.9. The molecule has 7 heteroatoms. The lowest BCUT2D eigenvalue weighted by Crippen LogP contribution is -2.27. The zero-order valence-corrected chi connectivity index (χ0v) is 19.6. The van der Waals surface area contributed by atoms with E-state index in [1.807, 2.05) is 49.4 Å². The average molecular weight is 515 g/mol. The molecule has 1 aliphatic heterocycles. The molecule has 0 atom stereocenters. The molecule has 31 heavy (non-hydrogen) atoms. The maximum absolute atomic E-state index is 13.0. The van der Waals surface area contributed by atoms with Crippen molar-refractivity contribution in [3.63, 3.8) is 0 Å². The Balaban J connectivity index is 1.60. The molecule has 3 aromatic rings. The molecule has 0 spiro atoms. The highest BCUT2D eigenvalue weighted by Crippen LogP contribution is 2.38. The smallest absolute Gasteiger partial charge is 0.298 e. The number of carbonyl (C=O) groups excluding carboxylic acids is 2. The van der Waals surface area contributed by atoms with Gasteiger partial charge < -0.3 is 4.74 Å². The van der Waals surface area contributed by atoms with Crippen molar-refractivity contribution in [2.45, 2.75) is 13.5 Å². The summed E-state index contributed by atoms with van der Waals surface area (Å²) in [5.41, 5.74) is 3.38. The molecule has 1 fully saturated rings. The van der Waals surface area contributed by atoms with Gasteiger partial charge in [0.2, 0.25) is 0 Å². The molecule has 3 aromatic carbocycles. The second-order valence-electron chi connectivity index (χ2n) is 6.95. The van der Waals surface area contributed by atoms with Gasteiger partial charge in [0, 0.05) is 15.1 Å². The molecule has 0 aliphatic carbocycles. The van der Waals surface area contributed by atoms with E-state index >= 15 is 0 Å². The van der Waals surface area contributed by atoms with Crippen LogP contribution in [-0.4, -0.2) is 11.1 Å². The first-order chi connectivity index (χ1) is 14.9. The molecule has 0 saturated carbocycles. The van der Waals surface area contributed by atoms with Crippen LogP contribution < -0.4 is 9.64 Å². The molecule has 0 unspecified atom stereocenters. The summed E-state index contributed by atoms with van der Waals surface area (Å²) in [6.07, 6.45) is 1.69. The molecule has 0 aromatic heterocycles. The van der Waals surface area contributed by atoms with Gasteiger partial charge >= 0.3 is 0 Å². The number of nitrogens with zero attached hydrogens (tertiary/aromatic N) is 1. The van der Waals surface area contributed by atoms with Crippen LogP contribution in [0.2, 0.25) is 5.02 Å². The Bertz CT molecular complexity index is 1190. The SMILES string of the molecule is Cc1ccc(COc2ccc(Br)cc2/C=C2/SC(=O)N(c3cccc(Cl)c3)C2=O)cc1. The van der Waals surface area contributed by atoms with Crippen molar-refractivity contribution in [2.75, 3.05) is 4.90 Å². The number of ether oxygens (including phenoxy) is 1. The molecule has 1 heterocycles. The number of thioether (sulfide) groups is 1. The zero-order valence-electron chi connectivity index (χ0n) is 16.5. The van der Waals surface area contributed by atoms with E-state index in [0.29, 0.717) is 33.5 Å². The van der Waals surface area contributed by atoms with Gasteiger partial charge in [-0.25, -0.2) is 4.90 Å². The Morgan fingerprint density at radius 1 is 1.06 bits per heavy atom. The number of carbonyl (C=O) groups is 2. The largest absolute Gasteiger partial charge is 0.488 e. The van der Waals surface area contributed by atoms with Crippen LogP contribution in [0.25, 0.3) is 6.08 Å². The van der Waals surface area contributed by atoms with E-state index in [4.69, 9.17) is 16.3 Å². The van der Waals surface area contributed by atoms with Crippen LogP contribution in [0, 0.1) is 6.92 Å². The normalized spacial score (nSPS) is 15.1. The third-order valence-electron chi connectivity index (χ3n) is 4.63. The number of halogens is 2. The number of imide groups is 1. The number of hydrogen-bond donors (Lipinski definition) is 0. The summed E-state index contributed by atoms with van der Waals surface area (Å²) in [5, 5.41) is 0.0925. The Morgan fingerprint density at radius 2 is 1.84 bits per heavy atom. The highest BCUT2D eigenvalue weighted by molar-refractivity contribution is 9.10. The maximum atomic E-state index is 13.0. The van der Waals surface area contributed by atoms with Crippen LogP contribution in [0.5, 0.6) is 5.75 Å². The molecule has 0 radical (unpaired) electrons. The molecule has 1 saturated heterocycles. The number of rotatable bonds is 5. The molecule has 2 amide bonds. The summed E-state index contributed by atoms with van der Waals surface area (Å²) >= 11 is 10.4. The Hall–Kier alpha value is -2.54. The van der Waals surface area contributed by atoms with Gasteiger partial charge in [-0.2, -0.15) is 0 Å². The zero-order chi connectivity index (χ0) is 22.0. The summed E-state index contributed by atoms with van der Waals surface area (Å²) in [7, 11) is 0. The van der Waals surface area contributed by atoms with Gasteiger partial charge in [0.05, 0.1) is 10.6 Å². The fraction of sp³-hybridized carbons (Fsp3) is 0.0833. The molecular formula is C24H17BrClNO3S. The highest BCUT2D eigenvalue weighted by Gasteiger charge is 2.36. The van der Waals surface area contributed by atoms with Gasteiger partial charge in [0.15, 0.2) is 0 Å². The first-order valence-corrected chi connectivity index (χ1v) is 11.4. The van der Waals surface area contributed by atoms with E-state index in [1.54, 1.807) is 30.3 Å². The number of benzene rings is 3. The fourth-order valence-electron chi connectivity index (χ4n) is 3.06. The number of amides is 2. The fourth-order valence-corrected chi connectivity index (χ4v) is 4.45. The van der Waals surface area contributed by atoms with E-state index in [-0.39, 0.29) is 11.1 Å². The van der Waals surface area contributed by atoms with Crippen molar-refractivity contribution in [3.8, 4) is 5.75 Å². The molecule has 1 aliphatic rings. The van der Waals surface area contributed by atoms with Gasteiger partial charge in [0.25, 0.3) is 11.1 Å². The van der Waals surface area contributed by atoms with Crippen molar-refractivity contribution in [3.05, 3.63) is 97.8 Å². The van der Waals surface area contributed by atoms with Crippen molar-refractivity contribution >= 4 is 62.2 Å². The van der Waals surface area contributed by atoms with E-state index in [0.717, 1.165) is 26.7 Å². The predicted octanol–water partition coefficient (Wildman–Crippen LogP) is 7.23. The lowest BCUT2D eigenvalue weighted by molar-refractivity contribution is -0.113. The third-order valence-corrected chi connectivity index (χ3v) is 6.23. The summed E-state index contributed by atoms with van der Waals surface area (Å²) in [4.78, 5) is 26.9. The second-order valence-corrected chi connectivity index (χ2v) is 9.30. The Morgan fingerprint density at radius 3 is 2.58 bits per heavy atom. The quantitative estimate of drug-likeness (QED) is 0.337.